The van der Waals surface area contributed by atoms with E-state index < -0.39 is 18.6 Å². The molecule has 1 heterocycles. The van der Waals surface area contributed by atoms with Gasteiger partial charge in [-0.25, -0.2) is 4.57 Å². The fraction of sp³-hybridized carbons (Fsp3) is 0.714. The molecule has 0 aromatic carbocycles. The molecule has 1 aliphatic rings. The molecule has 0 saturated carbocycles. The molecule has 7 heteroatoms. The van der Waals surface area contributed by atoms with E-state index in [-0.39, 0.29) is 6.61 Å². The van der Waals surface area contributed by atoms with E-state index in [1.807, 2.05) is 6.92 Å². The van der Waals surface area contributed by atoms with Crippen LogP contribution in [0.4, 0.5) is 0 Å². The van der Waals surface area contributed by atoms with Gasteiger partial charge in [0.1, 0.15) is 12.4 Å². The Labute approximate surface area is 85.5 Å². The fourth-order valence-electron chi connectivity index (χ4n) is 0.891. The highest BCUT2D eigenvalue weighted by Gasteiger charge is 2.35. The molecule has 0 spiro atoms. The quantitative estimate of drug-likeness (QED) is 0.701. The van der Waals surface area contributed by atoms with Crippen molar-refractivity contribution in [2.24, 2.45) is 0 Å². The second-order valence-corrected chi connectivity index (χ2v) is 5.77. The van der Waals surface area contributed by atoms with Gasteiger partial charge in [0.25, 0.3) is 0 Å². The van der Waals surface area contributed by atoms with Crippen molar-refractivity contribution in [1.29, 1.82) is 0 Å². The van der Waals surface area contributed by atoms with Gasteiger partial charge in [0.05, 0.1) is 0 Å². The summed E-state index contributed by atoms with van der Waals surface area (Å²) in [7, 11) is -3.23. The van der Waals surface area contributed by atoms with E-state index in [9.17, 15) is 8.77 Å². The van der Waals surface area contributed by atoms with Crippen LogP contribution in [0.25, 0.3) is 0 Å². The first kappa shape index (κ1) is 11.9. The molecule has 1 fully saturated rings. The van der Waals surface area contributed by atoms with Gasteiger partial charge in [0.15, 0.2) is 0 Å². The van der Waals surface area contributed by atoms with Gasteiger partial charge < -0.3 is 4.52 Å². The maximum atomic E-state index is 11.3. The molecule has 0 N–H and O–H groups in total. The third-order valence-corrected chi connectivity index (χ3v) is 4.17. The van der Waals surface area contributed by atoms with Crippen LogP contribution in [0.5, 0.6) is 0 Å². The molecule has 2 atom stereocenters. The van der Waals surface area contributed by atoms with Gasteiger partial charge in [-0.3, -0.25) is 13.3 Å². The largest absolute Gasteiger partial charge is 0.530 e. The molecule has 5 nitrogen and oxygen atoms in total. The van der Waals surface area contributed by atoms with Crippen LogP contribution in [0.1, 0.15) is 13.3 Å². The minimum atomic E-state index is -3.38. The van der Waals surface area contributed by atoms with Crippen molar-refractivity contribution in [2.45, 2.75) is 13.3 Å². The zero-order chi connectivity index (χ0) is 10.6. The van der Waals surface area contributed by atoms with Crippen molar-refractivity contribution in [2.75, 3.05) is 19.5 Å². The smallest absolute Gasteiger partial charge is 0.405 e. The first-order valence-electron chi connectivity index (χ1n) is 4.17. The second kappa shape index (κ2) is 5.07. The highest BCUT2D eigenvalue weighted by Crippen LogP contribution is 2.55. The summed E-state index contributed by atoms with van der Waals surface area (Å²) in [6, 6.07) is 0. The Hall–Kier alpha value is -0.160. The Morgan fingerprint density at radius 2 is 2.43 bits per heavy atom. The zero-order valence-electron chi connectivity index (χ0n) is 8.10. The van der Waals surface area contributed by atoms with Gasteiger partial charge >= 0.3 is 7.82 Å². The van der Waals surface area contributed by atoms with Crippen LogP contribution in [0.15, 0.2) is 11.2 Å². The molecular weight excluding hydrogens is 227 g/mol. The molecule has 0 radical (unpaired) electrons. The summed E-state index contributed by atoms with van der Waals surface area (Å²) >= 11 is 0. The van der Waals surface area contributed by atoms with E-state index in [2.05, 4.69) is 4.52 Å². The summed E-state index contributed by atoms with van der Waals surface area (Å²) in [5.74, 6) is 0.881. The Balaban J connectivity index is 2.57. The molecule has 1 aliphatic heterocycles. The number of rotatable bonds is 4. The summed E-state index contributed by atoms with van der Waals surface area (Å²) in [5, 5.41) is 1.42. The van der Waals surface area contributed by atoms with E-state index in [1.54, 1.807) is 0 Å². The van der Waals surface area contributed by atoms with Crippen molar-refractivity contribution in [3.63, 3.8) is 0 Å². The minimum Gasteiger partial charge on any atom is -0.405 e. The van der Waals surface area contributed by atoms with Crippen LogP contribution in [0.3, 0.4) is 0 Å². The number of phosphoric ester groups is 1. The lowest BCUT2D eigenvalue weighted by Gasteiger charge is -2.04. The summed E-state index contributed by atoms with van der Waals surface area (Å²) in [6.45, 7) is 1.99. The Kier molecular flexibility index (Phi) is 4.31. The van der Waals surface area contributed by atoms with Crippen molar-refractivity contribution >= 4 is 18.6 Å². The fourth-order valence-corrected chi connectivity index (χ4v) is 2.80. The van der Waals surface area contributed by atoms with Crippen LogP contribution in [0, 0.1) is 0 Å². The number of hydrogen-bond acceptors (Lipinski definition) is 5. The topological polar surface area (TPSA) is 61.8 Å². The molecule has 14 heavy (non-hydrogen) atoms. The predicted octanol–water partition coefficient (Wildman–Crippen LogP) is 1.79. The molecule has 0 bridgehead atoms. The zero-order valence-corrected chi connectivity index (χ0v) is 9.81. The Morgan fingerprint density at radius 3 is 2.93 bits per heavy atom. The standard InChI is InChI=1S/C7H13O5PS/c1-3-4-14(9)6-7-5-11-13(8,10-2)12-7/h6H,3-5H2,1-2H3. The van der Waals surface area contributed by atoms with Crippen LogP contribution in [-0.4, -0.2) is 23.7 Å². The van der Waals surface area contributed by atoms with E-state index in [0.29, 0.717) is 11.5 Å². The molecule has 1 rings (SSSR count). The Bertz CT molecular complexity index is 300. The van der Waals surface area contributed by atoms with Crippen molar-refractivity contribution < 1.29 is 22.3 Å². The van der Waals surface area contributed by atoms with Crippen molar-refractivity contribution in [3.8, 4) is 0 Å². The van der Waals surface area contributed by atoms with Gasteiger partial charge in [0.2, 0.25) is 0 Å². The second-order valence-electron chi connectivity index (χ2n) is 2.66. The maximum Gasteiger partial charge on any atom is 0.530 e. The summed E-state index contributed by atoms with van der Waals surface area (Å²) in [5.41, 5.74) is 0. The normalized spacial score (nSPS) is 31.7. The van der Waals surface area contributed by atoms with Gasteiger partial charge in [-0.2, -0.15) is 0 Å². The van der Waals surface area contributed by atoms with Gasteiger partial charge in [-0.05, 0) is 6.42 Å². The summed E-state index contributed by atoms with van der Waals surface area (Å²) in [6.07, 6.45) is 0.819. The lowest BCUT2D eigenvalue weighted by Crippen LogP contribution is -1.94. The lowest BCUT2D eigenvalue weighted by atomic mass is 10.6. The van der Waals surface area contributed by atoms with E-state index in [0.717, 1.165) is 6.42 Å². The molecule has 0 aliphatic carbocycles. The van der Waals surface area contributed by atoms with Crippen LogP contribution >= 0.6 is 7.82 Å². The molecule has 82 valence electrons. The monoisotopic (exact) mass is 240 g/mol. The van der Waals surface area contributed by atoms with E-state index in [1.165, 1.54) is 12.5 Å². The molecule has 0 aromatic heterocycles. The van der Waals surface area contributed by atoms with Crippen LogP contribution < -0.4 is 0 Å². The first-order valence-corrected chi connectivity index (χ1v) is 7.01. The first-order chi connectivity index (χ1) is 6.59. The van der Waals surface area contributed by atoms with E-state index >= 15 is 0 Å². The summed E-state index contributed by atoms with van der Waals surface area (Å²) in [4.78, 5) is 0. The number of phosphoric acid groups is 1. The van der Waals surface area contributed by atoms with E-state index in [4.69, 9.17) is 9.05 Å². The molecule has 2 unspecified atom stereocenters. The molecule has 0 amide bonds. The van der Waals surface area contributed by atoms with Gasteiger partial charge in [-0.15, -0.1) is 0 Å². The Morgan fingerprint density at radius 1 is 1.71 bits per heavy atom. The van der Waals surface area contributed by atoms with Crippen LogP contribution in [-0.2, 0) is 28.9 Å². The molecule has 0 aromatic rings. The van der Waals surface area contributed by atoms with Crippen molar-refractivity contribution in [3.05, 3.63) is 11.2 Å². The third kappa shape index (κ3) is 3.20. The average molecular weight is 240 g/mol. The highest BCUT2D eigenvalue weighted by atomic mass is 32.2. The SMILES string of the molecule is CCCS(=O)C=C1COP(=O)(OC)O1. The predicted molar refractivity (Wildman–Crippen MR) is 53.0 cm³/mol. The van der Waals surface area contributed by atoms with Gasteiger partial charge in [-0.1, -0.05) is 6.92 Å². The minimum absolute atomic E-state index is 0.0561. The average Bonchev–Trinajstić information content (AvgIpc) is 2.49. The lowest BCUT2D eigenvalue weighted by molar-refractivity contribution is 0.231. The molecular formula is C7H13O5PS. The number of hydrogen-bond donors (Lipinski definition) is 0. The van der Waals surface area contributed by atoms with Gasteiger partial charge in [0, 0.05) is 29.1 Å². The van der Waals surface area contributed by atoms with Crippen LogP contribution in [0.2, 0.25) is 0 Å². The third-order valence-electron chi connectivity index (χ3n) is 1.49. The molecule has 1 saturated heterocycles. The summed E-state index contributed by atoms with van der Waals surface area (Å²) < 4.78 is 36.8. The highest BCUT2D eigenvalue weighted by molar-refractivity contribution is 7.88. The maximum absolute atomic E-state index is 11.3. The van der Waals surface area contributed by atoms with Crippen molar-refractivity contribution in [1.82, 2.24) is 0 Å².